The zero-order valence-corrected chi connectivity index (χ0v) is 36.3. The number of methoxy groups -OCH3 is 1. The molecular formula is C43H49N5O15S. The van der Waals surface area contributed by atoms with Gasteiger partial charge in [-0.25, -0.2) is 8.42 Å². The SMILES string of the molecule is CCOc1cc([C@@H](CS(C)(=O)=O)N2C(=O)c3cccc(NC(=O)COCCOCCOCCOCCNc4cccc5c4C(=O)N(C4CCC(=O)NC4=O)C5=O)c3C2=O)ccc1OC. The third-order valence-corrected chi connectivity index (χ3v) is 11.2. The number of sulfone groups is 1. The predicted molar refractivity (Wildman–Crippen MR) is 227 cm³/mol. The van der Waals surface area contributed by atoms with E-state index < -0.39 is 69.0 Å². The summed E-state index contributed by atoms with van der Waals surface area (Å²) in [7, 11) is -2.26. The number of ether oxygens (including phenoxy) is 6. The predicted octanol–water partition coefficient (Wildman–Crippen LogP) is 1.99. The van der Waals surface area contributed by atoms with Gasteiger partial charge in [0.15, 0.2) is 11.5 Å². The Morgan fingerprint density at radius 1 is 0.781 bits per heavy atom. The minimum atomic E-state index is -3.71. The molecule has 64 heavy (non-hydrogen) atoms. The van der Waals surface area contributed by atoms with Crippen LogP contribution < -0.4 is 25.4 Å². The lowest BCUT2D eigenvalue weighted by Gasteiger charge is -2.27. The standard InChI is InChI=1S/C43H49N5O15S/c1-4-63-34-23-26(11-13-33(34)58-2)32(25-64(3,56)57)48-41(53)28-8-6-10-30(38(28)43(48)55)45-36(50)24-62-22-21-61-20-19-60-18-17-59-16-15-44-29-9-5-7-27-37(29)42(54)47(40(27)52)31-12-14-35(49)46-39(31)51/h5-11,13,23,31-32,44H,4,12,14-22,24-25H2,1-3H3,(H,45,50)(H,46,49,51)/t31?,32-/m1/s1. The summed E-state index contributed by atoms with van der Waals surface area (Å²) in [6.07, 6.45) is 1.11. The van der Waals surface area contributed by atoms with Crippen molar-refractivity contribution in [3.05, 3.63) is 82.4 Å². The lowest BCUT2D eigenvalue weighted by Crippen LogP contribution is -2.54. The fourth-order valence-corrected chi connectivity index (χ4v) is 8.31. The van der Waals surface area contributed by atoms with Gasteiger partial charge in [-0.3, -0.25) is 48.7 Å². The molecule has 1 fully saturated rings. The zero-order chi connectivity index (χ0) is 46.0. The van der Waals surface area contributed by atoms with E-state index in [1.54, 1.807) is 31.2 Å². The van der Waals surface area contributed by atoms with Crippen LogP contribution in [0.25, 0.3) is 0 Å². The Morgan fingerprint density at radius 3 is 2.05 bits per heavy atom. The van der Waals surface area contributed by atoms with Crippen LogP contribution in [0.1, 0.15) is 72.8 Å². The van der Waals surface area contributed by atoms with Gasteiger partial charge < -0.3 is 39.1 Å². The van der Waals surface area contributed by atoms with E-state index in [2.05, 4.69) is 16.0 Å². The molecule has 3 N–H and O–H groups in total. The number of amides is 7. The number of hydrogen-bond donors (Lipinski definition) is 3. The van der Waals surface area contributed by atoms with Crippen LogP contribution in [-0.4, -0.2) is 151 Å². The van der Waals surface area contributed by atoms with Crippen LogP contribution in [0, 0.1) is 0 Å². The van der Waals surface area contributed by atoms with Crippen molar-refractivity contribution in [2.75, 3.05) is 95.8 Å². The molecule has 1 saturated heterocycles. The number of benzene rings is 3. The molecule has 3 heterocycles. The Hall–Kier alpha value is -6.26. The number of fused-ring (bicyclic) bond motifs is 2. The van der Waals surface area contributed by atoms with Crippen LogP contribution in [0.5, 0.6) is 11.5 Å². The van der Waals surface area contributed by atoms with Crippen LogP contribution >= 0.6 is 0 Å². The lowest BCUT2D eigenvalue weighted by atomic mass is 10.0. The molecule has 1 unspecified atom stereocenters. The number of carbonyl (C=O) groups excluding carboxylic acids is 7. The Labute approximate surface area is 368 Å². The van der Waals surface area contributed by atoms with Gasteiger partial charge in [0.05, 0.1) is 99.7 Å². The van der Waals surface area contributed by atoms with Crippen molar-refractivity contribution < 1.29 is 70.4 Å². The highest BCUT2D eigenvalue weighted by molar-refractivity contribution is 7.90. The van der Waals surface area contributed by atoms with Gasteiger partial charge in [0, 0.05) is 24.9 Å². The third kappa shape index (κ3) is 11.1. The van der Waals surface area contributed by atoms with E-state index in [0.717, 1.165) is 16.1 Å². The second-order valence-corrected chi connectivity index (χ2v) is 16.9. The summed E-state index contributed by atoms with van der Waals surface area (Å²) in [6, 6.07) is 11.6. The number of imide groups is 3. The van der Waals surface area contributed by atoms with E-state index in [9.17, 15) is 42.0 Å². The maximum absolute atomic E-state index is 13.9. The fourth-order valence-electron chi connectivity index (χ4n) is 7.40. The average Bonchev–Trinajstić information content (AvgIpc) is 3.67. The van der Waals surface area contributed by atoms with E-state index in [1.165, 1.54) is 37.4 Å². The van der Waals surface area contributed by atoms with Crippen LogP contribution in [0.3, 0.4) is 0 Å². The highest BCUT2D eigenvalue weighted by Crippen LogP contribution is 2.39. The topological polar surface area (TPSA) is 252 Å². The molecule has 0 bridgehead atoms. The number of rotatable bonds is 24. The first kappa shape index (κ1) is 47.2. The first-order chi connectivity index (χ1) is 30.7. The first-order valence-corrected chi connectivity index (χ1v) is 22.5. The zero-order valence-electron chi connectivity index (χ0n) is 35.5. The molecule has 0 aromatic heterocycles. The molecule has 342 valence electrons. The molecule has 20 nitrogen and oxygen atoms in total. The summed E-state index contributed by atoms with van der Waals surface area (Å²) in [6.45, 7) is 3.53. The molecule has 0 aliphatic carbocycles. The molecule has 6 rings (SSSR count). The normalized spacial score (nSPS) is 16.5. The second-order valence-electron chi connectivity index (χ2n) is 14.7. The summed E-state index contributed by atoms with van der Waals surface area (Å²) in [5, 5.41) is 7.90. The van der Waals surface area contributed by atoms with Gasteiger partial charge >= 0.3 is 0 Å². The molecule has 2 atom stereocenters. The monoisotopic (exact) mass is 907 g/mol. The first-order valence-electron chi connectivity index (χ1n) is 20.4. The molecule has 0 radical (unpaired) electrons. The highest BCUT2D eigenvalue weighted by Gasteiger charge is 2.46. The average molecular weight is 908 g/mol. The van der Waals surface area contributed by atoms with Crippen molar-refractivity contribution >= 4 is 62.6 Å². The van der Waals surface area contributed by atoms with Crippen LogP contribution in [0.4, 0.5) is 11.4 Å². The minimum Gasteiger partial charge on any atom is -0.493 e. The van der Waals surface area contributed by atoms with Gasteiger partial charge in [0.25, 0.3) is 23.6 Å². The molecule has 0 spiro atoms. The largest absolute Gasteiger partial charge is 0.493 e. The number of hydrogen-bond acceptors (Lipinski definition) is 16. The lowest BCUT2D eigenvalue weighted by molar-refractivity contribution is -0.136. The summed E-state index contributed by atoms with van der Waals surface area (Å²) in [5.74, 6) is -4.25. The van der Waals surface area contributed by atoms with Gasteiger partial charge in [-0.05, 0) is 55.3 Å². The summed E-state index contributed by atoms with van der Waals surface area (Å²) < 4.78 is 58.1. The molecule has 7 amide bonds. The second kappa shape index (κ2) is 21.4. The number of piperidine rings is 1. The highest BCUT2D eigenvalue weighted by atomic mass is 32.2. The Balaban J connectivity index is 0.867. The number of anilines is 2. The van der Waals surface area contributed by atoms with Gasteiger partial charge in [-0.2, -0.15) is 0 Å². The van der Waals surface area contributed by atoms with E-state index in [-0.39, 0.29) is 100 Å². The summed E-state index contributed by atoms with van der Waals surface area (Å²) in [5.41, 5.74) is 1.10. The van der Waals surface area contributed by atoms with Crippen LogP contribution in [0.15, 0.2) is 54.6 Å². The Morgan fingerprint density at radius 2 is 1.41 bits per heavy atom. The fraction of sp³-hybridized carbons (Fsp3) is 0.419. The van der Waals surface area contributed by atoms with Crippen molar-refractivity contribution in [2.24, 2.45) is 0 Å². The maximum Gasteiger partial charge on any atom is 0.264 e. The molecule has 21 heteroatoms. The van der Waals surface area contributed by atoms with Crippen molar-refractivity contribution in [3.63, 3.8) is 0 Å². The van der Waals surface area contributed by atoms with Gasteiger partial charge in [0.2, 0.25) is 17.7 Å². The number of nitrogens with zero attached hydrogens (tertiary/aromatic N) is 2. The minimum absolute atomic E-state index is 0.00647. The van der Waals surface area contributed by atoms with Gasteiger partial charge in [0.1, 0.15) is 22.5 Å². The summed E-state index contributed by atoms with van der Waals surface area (Å²) >= 11 is 0. The maximum atomic E-state index is 13.9. The van der Waals surface area contributed by atoms with Crippen molar-refractivity contribution in [1.29, 1.82) is 0 Å². The van der Waals surface area contributed by atoms with Gasteiger partial charge in [-0.1, -0.05) is 18.2 Å². The van der Waals surface area contributed by atoms with Crippen molar-refractivity contribution in [2.45, 2.75) is 31.8 Å². The van der Waals surface area contributed by atoms with Crippen LogP contribution in [0.2, 0.25) is 0 Å². The van der Waals surface area contributed by atoms with Gasteiger partial charge in [-0.15, -0.1) is 0 Å². The van der Waals surface area contributed by atoms with Crippen LogP contribution in [-0.2, 0) is 43.2 Å². The van der Waals surface area contributed by atoms with E-state index in [0.29, 0.717) is 29.3 Å². The smallest absolute Gasteiger partial charge is 0.264 e. The van der Waals surface area contributed by atoms with E-state index in [1.807, 2.05) is 0 Å². The Bertz CT molecular complexity index is 2410. The molecule has 0 saturated carbocycles. The van der Waals surface area contributed by atoms with Crippen molar-refractivity contribution in [3.8, 4) is 11.5 Å². The molecular weight excluding hydrogens is 859 g/mol. The molecule has 3 aliphatic heterocycles. The van der Waals surface area contributed by atoms with E-state index >= 15 is 0 Å². The number of carbonyl (C=O) groups is 7. The quantitative estimate of drug-likeness (QED) is 0.0859. The molecule has 3 aromatic carbocycles. The van der Waals surface area contributed by atoms with Crippen molar-refractivity contribution in [1.82, 2.24) is 15.1 Å². The Kier molecular flexibility index (Phi) is 15.8. The molecule has 3 aliphatic rings. The van der Waals surface area contributed by atoms with E-state index in [4.69, 9.17) is 28.4 Å². The molecule has 3 aromatic rings. The third-order valence-electron chi connectivity index (χ3n) is 10.2. The number of nitrogens with one attached hydrogen (secondary N) is 3. The summed E-state index contributed by atoms with van der Waals surface area (Å²) in [4.78, 5) is 92.4.